The largest absolute Gasteiger partial charge is 0.497 e. The summed E-state index contributed by atoms with van der Waals surface area (Å²) in [5.74, 6) is -0.623. The molecule has 2 aromatic heterocycles. The van der Waals surface area contributed by atoms with E-state index in [9.17, 15) is 14.4 Å². The lowest BCUT2D eigenvalue weighted by molar-refractivity contribution is -0.140. The molecule has 3 N–H and O–H groups in total. The standard InChI is InChI=1S/C18H19N3O5/c1-9-16(18(24)21-20-9)12(8-15(22)26-3)13-6-10-4-5-11(25-2)7-14(10)19-17(13)23/h4-7,12H,8H2,1-3H3,(H,19,23)(H2,20,21,24)/t12-/m1/s1. The molecular formula is C18H19N3O5. The predicted octanol–water partition coefficient (Wildman–Crippen LogP) is 1.56. The van der Waals surface area contributed by atoms with Crippen LogP contribution in [0.25, 0.3) is 10.9 Å². The molecule has 0 saturated heterocycles. The van der Waals surface area contributed by atoms with Crippen LogP contribution >= 0.6 is 0 Å². The van der Waals surface area contributed by atoms with Crippen molar-refractivity contribution in [2.75, 3.05) is 14.2 Å². The Balaban J connectivity index is 2.20. The predicted molar refractivity (Wildman–Crippen MR) is 95.7 cm³/mol. The minimum absolute atomic E-state index is 0.122. The molecular weight excluding hydrogens is 338 g/mol. The molecule has 0 amide bonds. The summed E-state index contributed by atoms with van der Waals surface area (Å²) in [7, 11) is 2.81. The quantitative estimate of drug-likeness (QED) is 0.599. The number of nitrogens with one attached hydrogen (secondary N) is 3. The molecule has 2 heterocycles. The molecule has 8 nitrogen and oxygen atoms in total. The van der Waals surface area contributed by atoms with Crippen LogP contribution in [0.2, 0.25) is 0 Å². The number of pyridine rings is 1. The zero-order valence-electron chi connectivity index (χ0n) is 14.6. The van der Waals surface area contributed by atoms with Crippen molar-refractivity contribution in [1.82, 2.24) is 15.2 Å². The van der Waals surface area contributed by atoms with Crippen molar-refractivity contribution >= 4 is 16.9 Å². The van der Waals surface area contributed by atoms with E-state index in [-0.39, 0.29) is 17.5 Å². The Bertz CT molecular complexity index is 1080. The van der Waals surface area contributed by atoms with Gasteiger partial charge in [-0.2, -0.15) is 0 Å². The highest BCUT2D eigenvalue weighted by molar-refractivity contribution is 5.81. The minimum atomic E-state index is -0.729. The fourth-order valence-electron chi connectivity index (χ4n) is 3.08. The summed E-state index contributed by atoms with van der Waals surface area (Å²) in [5, 5.41) is 5.98. The van der Waals surface area contributed by atoms with E-state index in [1.54, 1.807) is 38.3 Å². The molecule has 1 atom stereocenters. The van der Waals surface area contributed by atoms with Crippen LogP contribution in [0.15, 0.2) is 33.9 Å². The van der Waals surface area contributed by atoms with E-state index in [0.29, 0.717) is 28.1 Å². The van der Waals surface area contributed by atoms with Gasteiger partial charge >= 0.3 is 5.97 Å². The fraction of sp³-hybridized carbons (Fsp3) is 0.278. The van der Waals surface area contributed by atoms with E-state index in [1.807, 2.05) is 0 Å². The highest BCUT2D eigenvalue weighted by Crippen LogP contribution is 2.28. The summed E-state index contributed by atoms with van der Waals surface area (Å²) in [5.41, 5.74) is 1.09. The van der Waals surface area contributed by atoms with Crippen LogP contribution in [0, 0.1) is 6.92 Å². The number of aromatic nitrogens is 3. The first-order chi connectivity index (χ1) is 12.4. The van der Waals surface area contributed by atoms with Crippen LogP contribution < -0.4 is 15.9 Å². The van der Waals surface area contributed by atoms with Gasteiger partial charge in [-0.15, -0.1) is 0 Å². The van der Waals surface area contributed by atoms with Gasteiger partial charge in [0.1, 0.15) is 5.75 Å². The van der Waals surface area contributed by atoms with Gasteiger partial charge in [-0.25, -0.2) is 0 Å². The fourth-order valence-corrected chi connectivity index (χ4v) is 3.08. The van der Waals surface area contributed by atoms with E-state index in [4.69, 9.17) is 9.47 Å². The average molecular weight is 357 g/mol. The van der Waals surface area contributed by atoms with Gasteiger partial charge in [0.25, 0.3) is 11.1 Å². The minimum Gasteiger partial charge on any atom is -0.497 e. The maximum absolute atomic E-state index is 12.7. The third-order valence-electron chi connectivity index (χ3n) is 4.42. The van der Waals surface area contributed by atoms with Gasteiger partial charge in [0.05, 0.1) is 26.2 Å². The lowest BCUT2D eigenvalue weighted by Crippen LogP contribution is -2.23. The number of carbonyl (C=O) groups is 1. The molecule has 8 heteroatoms. The van der Waals surface area contributed by atoms with Crippen LogP contribution in [-0.2, 0) is 9.53 Å². The maximum atomic E-state index is 12.7. The lowest BCUT2D eigenvalue weighted by Gasteiger charge is -2.15. The van der Waals surface area contributed by atoms with Gasteiger partial charge in [-0.3, -0.25) is 19.5 Å². The van der Waals surface area contributed by atoms with Crippen molar-refractivity contribution in [3.8, 4) is 5.75 Å². The molecule has 3 aromatic rings. The molecule has 0 spiro atoms. The molecule has 3 rings (SSSR count). The van der Waals surface area contributed by atoms with Crippen molar-refractivity contribution in [3.63, 3.8) is 0 Å². The Morgan fingerprint density at radius 2 is 1.88 bits per heavy atom. The van der Waals surface area contributed by atoms with Crippen molar-refractivity contribution in [1.29, 1.82) is 0 Å². The van der Waals surface area contributed by atoms with Gasteiger partial charge in [0.15, 0.2) is 0 Å². The smallest absolute Gasteiger partial charge is 0.306 e. The van der Waals surface area contributed by atoms with Crippen molar-refractivity contribution in [2.24, 2.45) is 0 Å². The summed E-state index contributed by atoms with van der Waals surface area (Å²) in [4.78, 5) is 39.6. The Morgan fingerprint density at radius 3 is 2.50 bits per heavy atom. The SMILES string of the molecule is COC(=O)C[C@H](c1cc2ccc(OC)cc2[nH]c1=O)c1c(C)[nH][nH]c1=O. The van der Waals surface area contributed by atoms with Crippen molar-refractivity contribution < 1.29 is 14.3 Å². The highest BCUT2D eigenvalue weighted by atomic mass is 16.5. The number of hydrogen-bond donors (Lipinski definition) is 3. The van der Waals surface area contributed by atoms with Crippen LogP contribution in [0.1, 0.15) is 29.2 Å². The highest BCUT2D eigenvalue weighted by Gasteiger charge is 2.27. The van der Waals surface area contributed by atoms with Crippen LogP contribution in [-0.4, -0.2) is 35.4 Å². The molecule has 136 valence electrons. The molecule has 1 aromatic carbocycles. The third-order valence-corrected chi connectivity index (χ3v) is 4.42. The van der Waals surface area contributed by atoms with Gasteiger partial charge in [0, 0.05) is 28.8 Å². The molecule has 0 unspecified atom stereocenters. The molecule has 0 aliphatic carbocycles. The summed E-state index contributed by atoms with van der Waals surface area (Å²) in [6.07, 6.45) is -0.122. The molecule has 0 radical (unpaired) electrons. The zero-order chi connectivity index (χ0) is 18.8. The number of methoxy groups -OCH3 is 2. The summed E-state index contributed by atoms with van der Waals surface area (Å²) >= 11 is 0. The Labute approximate surface area is 148 Å². The monoisotopic (exact) mass is 357 g/mol. The van der Waals surface area contributed by atoms with Crippen LogP contribution in [0.3, 0.4) is 0 Å². The zero-order valence-corrected chi connectivity index (χ0v) is 14.6. The third kappa shape index (κ3) is 3.13. The Morgan fingerprint density at radius 1 is 1.12 bits per heavy atom. The van der Waals surface area contributed by atoms with Crippen LogP contribution in [0.4, 0.5) is 0 Å². The second-order valence-corrected chi connectivity index (χ2v) is 5.96. The first-order valence-corrected chi connectivity index (χ1v) is 7.99. The number of H-pyrrole nitrogens is 3. The molecule has 0 bridgehead atoms. The Kier molecular flexibility index (Phi) is 4.66. The maximum Gasteiger partial charge on any atom is 0.306 e. The molecule has 0 aliphatic heterocycles. The Hall–Kier alpha value is -3.29. The number of hydrogen-bond acceptors (Lipinski definition) is 5. The van der Waals surface area contributed by atoms with E-state index in [1.165, 1.54) is 7.11 Å². The topological polar surface area (TPSA) is 117 Å². The summed E-state index contributed by atoms with van der Waals surface area (Å²) in [6.45, 7) is 1.71. The van der Waals surface area contributed by atoms with E-state index < -0.39 is 11.9 Å². The first-order valence-electron chi connectivity index (χ1n) is 7.99. The molecule has 0 saturated carbocycles. The second-order valence-electron chi connectivity index (χ2n) is 5.96. The van der Waals surface area contributed by atoms with Gasteiger partial charge < -0.3 is 19.6 Å². The summed E-state index contributed by atoms with van der Waals surface area (Å²) < 4.78 is 9.91. The van der Waals surface area contributed by atoms with E-state index in [2.05, 4.69) is 15.2 Å². The number of rotatable bonds is 5. The van der Waals surface area contributed by atoms with Gasteiger partial charge in [-0.05, 0) is 30.5 Å². The number of aromatic amines is 3. The number of fused-ring (bicyclic) bond motifs is 1. The second kappa shape index (κ2) is 6.91. The summed E-state index contributed by atoms with van der Waals surface area (Å²) in [6, 6.07) is 6.97. The lowest BCUT2D eigenvalue weighted by atomic mass is 9.89. The number of carbonyl (C=O) groups excluding carboxylic acids is 1. The number of esters is 1. The number of ether oxygens (including phenoxy) is 2. The van der Waals surface area contributed by atoms with Gasteiger partial charge in [-0.1, -0.05) is 0 Å². The van der Waals surface area contributed by atoms with Crippen molar-refractivity contribution in [3.05, 3.63) is 61.8 Å². The molecule has 26 heavy (non-hydrogen) atoms. The molecule has 0 fully saturated rings. The van der Waals surface area contributed by atoms with Gasteiger partial charge in [0.2, 0.25) is 0 Å². The van der Waals surface area contributed by atoms with E-state index in [0.717, 1.165) is 5.39 Å². The van der Waals surface area contributed by atoms with E-state index >= 15 is 0 Å². The normalized spacial score (nSPS) is 12.1. The van der Waals surface area contributed by atoms with Crippen molar-refractivity contribution in [2.45, 2.75) is 19.3 Å². The number of aryl methyl sites for hydroxylation is 1. The molecule has 0 aliphatic rings. The number of benzene rings is 1. The van der Waals surface area contributed by atoms with Crippen LogP contribution in [0.5, 0.6) is 5.75 Å². The average Bonchev–Trinajstić information content (AvgIpc) is 2.97. The first kappa shape index (κ1) is 17.5.